The Kier molecular flexibility index (Phi) is 5.29. The molecule has 1 aliphatic heterocycles. The molecule has 1 amide bonds. The molecule has 0 unspecified atom stereocenters. The van der Waals surface area contributed by atoms with Crippen molar-refractivity contribution in [2.75, 3.05) is 23.3 Å². The first-order valence-electron chi connectivity index (χ1n) is 8.45. The Bertz CT molecular complexity index is 832. The van der Waals surface area contributed by atoms with Crippen molar-refractivity contribution in [1.29, 1.82) is 0 Å². The van der Waals surface area contributed by atoms with E-state index in [-0.39, 0.29) is 17.6 Å². The predicted molar refractivity (Wildman–Crippen MR) is 91.7 cm³/mol. The molecule has 0 bridgehead atoms. The van der Waals surface area contributed by atoms with Gasteiger partial charge in [0.05, 0.1) is 0 Å². The zero-order chi connectivity index (χ0) is 19.6. The van der Waals surface area contributed by atoms with Crippen molar-refractivity contribution < 1.29 is 22.4 Å². The Hall–Kier alpha value is -2.71. The topological polar surface area (TPSA) is 58.1 Å². The first kappa shape index (κ1) is 19.1. The van der Waals surface area contributed by atoms with E-state index in [0.29, 0.717) is 37.2 Å². The van der Waals surface area contributed by atoms with E-state index in [2.05, 4.69) is 15.3 Å². The molecule has 9 heteroatoms. The number of alkyl halides is 3. The molecule has 0 radical (unpaired) electrons. The van der Waals surface area contributed by atoms with E-state index in [0.717, 1.165) is 12.4 Å². The maximum absolute atomic E-state index is 13.6. The minimum Gasteiger partial charge on any atom is -0.356 e. The summed E-state index contributed by atoms with van der Waals surface area (Å²) in [6.07, 6.45) is -2.71. The van der Waals surface area contributed by atoms with Crippen LogP contribution in [0.3, 0.4) is 0 Å². The molecule has 2 heterocycles. The van der Waals surface area contributed by atoms with Gasteiger partial charge in [0.2, 0.25) is 5.91 Å². The number of hydrogen-bond donors (Lipinski definition) is 1. The van der Waals surface area contributed by atoms with Gasteiger partial charge in [0, 0.05) is 30.8 Å². The third-order valence-corrected chi connectivity index (χ3v) is 4.57. The van der Waals surface area contributed by atoms with Crippen LogP contribution in [0, 0.1) is 18.7 Å². The van der Waals surface area contributed by atoms with E-state index >= 15 is 0 Å². The van der Waals surface area contributed by atoms with Crippen LogP contribution in [-0.2, 0) is 11.0 Å². The minimum absolute atomic E-state index is 0.191. The molecule has 1 aromatic carbocycles. The Balaban J connectivity index is 1.60. The summed E-state index contributed by atoms with van der Waals surface area (Å²) < 4.78 is 51.9. The summed E-state index contributed by atoms with van der Waals surface area (Å²) in [5.74, 6) is -0.727. The standard InChI is InChI=1S/C18H18F4N4O/c1-11-2-3-13(8-14(11)19)25-17(27)12-4-6-26(7-5-12)16-9-15(18(20,21)22)23-10-24-16/h2-3,8-10,12H,4-7H2,1H3,(H,25,27). The molecule has 3 rings (SSSR count). The van der Waals surface area contributed by atoms with E-state index in [1.54, 1.807) is 24.0 Å². The zero-order valence-electron chi connectivity index (χ0n) is 14.6. The van der Waals surface area contributed by atoms with Crippen molar-refractivity contribution in [3.05, 3.63) is 47.7 Å². The van der Waals surface area contributed by atoms with E-state index < -0.39 is 17.7 Å². The number of aromatic nitrogens is 2. The number of amides is 1. The summed E-state index contributed by atoms with van der Waals surface area (Å²) in [5.41, 5.74) is -0.116. The smallest absolute Gasteiger partial charge is 0.356 e. The second-order valence-electron chi connectivity index (χ2n) is 6.47. The fourth-order valence-corrected chi connectivity index (χ4v) is 2.96. The molecule has 0 aliphatic carbocycles. The number of carbonyl (C=O) groups excluding carboxylic acids is 1. The molecule has 0 atom stereocenters. The fourth-order valence-electron chi connectivity index (χ4n) is 2.96. The van der Waals surface area contributed by atoms with Crippen molar-refractivity contribution in [3.63, 3.8) is 0 Å². The normalized spacial score (nSPS) is 15.7. The lowest BCUT2D eigenvalue weighted by molar-refractivity contribution is -0.141. The third-order valence-electron chi connectivity index (χ3n) is 4.57. The van der Waals surface area contributed by atoms with Gasteiger partial charge < -0.3 is 10.2 Å². The molecule has 27 heavy (non-hydrogen) atoms. The minimum atomic E-state index is -4.53. The maximum Gasteiger partial charge on any atom is 0.433 e. The van der Waals surface area contributed by atoms with Crippen LogP contribution >= 0.6 is 0 Å². The van der Waals surface area contributed by atoms with Crippen LogP contribution in [0.25, 0.3) is 0 Å². The SMILES string of the molecule is Cc1ccc(NC(=O)C2CCN(c3cc(C(F)(F)F)ncn3)CC2)cc1F. The molecule has 1 saturated heterocycles. The Labute approximate surface area is 153 Å². The summed E-state index contributed by atoms with van der Waals surface area (Å²) in [5, 5.41) is 2.69. The summed E-state index contributed by atoms with van der Waals surface area (Å²) in [6.45, 7) is 2.43. The summed E-state index contributed by atoms with van der Waals surface area (Å²) >= 11 is 0. The number of aryl methyl sites for hydroxylation is 1. The lowest BCUT2D eigenvalue weighted by Crippen LogP contribution is -2.38. The van der Waals surface area contributed by atoms with Crippen LogP contribution in [0.2, 0.25) is 0 Å². The van der Waals surface area contributed by atoms with E-state index in [1.807, 2.05) is 0 Å². The molecule has 1 aliphatic rings. The molecule has 5 nitrogen and oxygen atoms in total. The van der Waals surface area contributed by atoms with Gasteiger partial charge >= 0.3 is 6.18 Å². The average Bonchev–Trinajstić information content (AvgIpc) is 2.64. The number of anilines is 2. The highest BCUT2D eigenvalue weighted by molar-refractivity contribution is 5.92. The highest BCUT2D eigenvalue weighted by atomic mass is 19.4. The van der Waals surface area contributed by atoms with Gasteiger partial charge in [-0.1, -0.05) is 6.07 Å². The van der Waals surface area contributed by atoms with Crippen LogP contribution < -0.4 is 10.2 Å². The number of halogens is 4. The van der Waals surface area contributed by atoms with Gasteiger partial charge in [0.15, 0.2) is 0 Å². The average molecular weight is 382 g/mol. The fraction of sp³-hybridized carbons (Fsp3) is 0.389. The van der Waals surface area contributed by atoms with Crippen molar-refractivity contribution >= 4 is 17.4 Å². The van der Waals surface area contributed by atoms with Gasteiger partial charge in [0.25, 0.3) is 0 Å². The number of rotatable bonds is 3. The maximum atomic E-state index is 13.6. The number of carbonyl (C=O) groups is 1. The van der Waals surface area contributed by atoms with Gasteiger partial charge in [-0.05, 0) is 37.5 Å². The highest BCUT2D eigenvalue weighted by Crippen LogP contribution is 2.30. The number of hydrogen-bond acceptors (Lipinski definition) is 4. The van der Waals surface area contributed by atoms with Crippen molar-refractivity contribution in [1.82, 2.24) is 9.97 Å². The molecule has 1 fully saturated rings. The van der Waals surface area contributed by atoms with Crippen molar-refractivity contribution in [3.8, 4) is 0 Å². The number of benzene rings is 1. The van der Waals surface area contributed by atoms with Gasteiger partial charge in [-0.25, -0.2) is 14.4 Å². The monoisotopic (exact) mass is 382 g/mol. The predicted octanol–water partition coefficient (Wildman–Crippen LogP) is 3.80. The Morgan fingerprint density at radius 3 is 2.52 bits per heavy atom. The van der Waals surface area contributed by atoms with Crippen LogP contribution in [0.15, 0.2) is 30.6 Å². The summed E-state index contributed by atoms with van der Waals surface area (Å²) in [4.78, 5) is 21.2. The summed E-state index contributed by atoms with van der Waals surface area (Å²) in [7, 11) is 0. The zero-order valence-corrected chi connectivity index (χ0v) is 14.6. The van der Waals surface area contributed by atoms with E-state index in [1.165, 1.54) is 6.07 Å². The first-order chi connectivity index (χ1) is 12.7. The summed E-state index contributed by atoms with van der Waals surface area (Å²) in [6, 6.07) is 5.39. The molecule has 0 spiro atoms. The lowest BCUT2D eigenvalue weighted by atomic mass is 9.95. The molecule has 1 aromatic heterocycles. The Morgan fingerprint density at radius 2 is 1.89 bits per heavy atom. The first-order valence-corrected chi connectivity index (χ1v) is 8.45. The number of nitrogens with zero attached hydrogens (tertiary/aromatic N) is 3. The molecule has 1 N–H and O–H groups in total. The van der Waals surface area contributed by atoms with Crippen LogP contribution in [-0.4, -0.2) is 29.0 Å². The second kappa shape index (κ2) is 7.50. The van der Waals surface area contributed by atoms with Crippen LogP contribution in [0.5, 0.6) is 0 Å². The largest absolute Gasteiger partial charge is 0.433 e. The molecular formula is C18H18F4N4O. The van der Waals surface area contributed by atoms with Gasteiger partial charge in [-0.2, -0.15) is 13.2 Å². The van der Waals surface area contributed by atoms with Gasteiger partial charge in [-0.15, -0.1) is 0 Å². The van der Waals surface area contributed by atoms with Gasteiger partial charge in [0.1, 0.15) is 23.7 Å². The van der Waals surface area contributed by atoms with Gasteiger partial charge in [-0.3, -0.25) is 4.79 Å². The van der Waals surface area contributed by atoms with Crippen molar-refractivity contribution in [2.45, 2.75) is 25.9 Å². The van der Waals surface area contributed by atoms with E-state index in [4.69, 9.17) is 0 Å². The quantitative estimate of drug-likeness (QED) is 0.821. The van der Waals surface area contributed by atoms with E-state index in [9.17, 15) is 22.4 Å². The van der Waals surface area contributed by atoms with Crippen LogP contribution in [0.1, 0.15) is 24.1 Å². The molecular weight excluding hydrogens is 364 g/mol. The second-order valence-corrected chi connectivity index (χ2v) is 6.47. The molecule has 2 aromatic rings. The molecule has 144 valence electrons. The highest BCUT2D eigenvalue weighted by Gasteiger charge is 2.34. The number of piperidine rings is 1. The third kappa shape index (κ3) is 4.53. The van der Waals surface area contributed by atoms with Crippen molar-refractivity contribution in [2.24, 2.45) is 5.92 Å². The Morgan fingerprint density at radius 1 is 1.19 bits per heavy atom. The molecule has 0 saturated carbocycles. The number of nitrogens with one attached hydrogen (secondary N) is 1. The van der Waals surface area contributed by atoms with Crippen LogP contribution in [0.4, 0.5) is 29.1 Å². The lowest BCUT2D eigenvalue weighted by Gasteiger charge is -2.32.